The van der Waals surface area contributed by atoms with Crippen molar-refractivity contribution in [3.05, 3.63) is 41.7 Å². The number of hydrogen-bond acceptors (Lipinski definition) is 4. The third-order valence-electron chi connectivity index (χ3n) is 3.15. The maximum Gasteiger partial charge on any atom is 0.136 e. The highest BCUT2D eigenvalue weighted by molar-refractivity contribution is 5.58. The average Bonchev–Trinajstić information content (AvgIpc) is 2.46. The molecule has 20 heavy (non-hydrogen) atoms. The summed E-state index contributed by atoms with van der Waals surface area (Å²) in [6.07, 6.45) is 4.36. The number of unbranched alkanes of at least 4 members (excludes halogenated alkanes) is 1. The first-order valence-corrected chi connectivity index (χ1v) is 7.20. The van der Waals surface area contributed by atoms with Gasteiger partial charge in [-0.15, -0.1) is 0 Å². The van der Waals surface area contributed by atoms with Gasteiger partial charge in [0.15, 0.2) is 0 Å². The molecule has 0 amide bonds. The number of aromatic nitrogens is 2. The van der Waals surface area contributed by atoms with Crippen molar-refractivity contribution in [1.82, 2.24) is 9.97 Å². The van der Waals surface area contributed by atoms with Crippen molar-refractivity contribution in [2.24, 2.45) is 0 Å². The van der Waals surface area contributed by atoms with Gasteiger partial charge < -0.3 is 11.1 Å². The fourth-order valence-electron chi connectivity index (χ4n) is 2.02. The molecule has 0 saturated carbocycles. The van der Waals surface area contributed by atoms with Crippen LogP contribution in [0.3, 0.4) is 0 Å². The van der Waals surface area contributed by atoms with E-state index in [1.807, 2.05) is 6.92 Å². The Morgan fingerprint density at radius 2 is 1.85 bits per heavy atom. The second kappa shape index (κ2) is 6.89. The molecule has 0 aliphatic heterocycles. The highest BCUT2D eigenvalue weighted by Gasteiger charge is 2.02. The summed E-state index contributed by atoms with van der Waals surface area (Å²) in [5.74, 6) is 2.00. The van der Waals surface area contributed by atoms with E-state index in [2.05, 4.69) is 46.5 Å². The van der Waals surface area contributed by atoms with E-state index in [-0.39, 0.29) is 0 Å². The first-order valence-electron chi connectivity index (χ1n) is 7.20. The van der Waals surface area contributed by atoms with Gasteiger partial charge >= 0.3 is 0 Å². The third kappa shape index (κ3) is 3.95. The van der Waals surface area contributed by atoms with Crippen LogP contribution in [0.4, 0.5) is 17.3 Å². The standard InChI is InChI=1S/C16H22N4/c1-3-5-6-12-7-9-13(10-8-12)18-16-11-14(17)19-15(4-2)20-16/h7-11H,3-6H2,1-2H3,(H3,17,18,19,20). The molecule has 106 valence electrons. The first kappa shape index (κ1) is 14.3. The number of nitrogens with two attached hydrogens (primary N) is 1. The normalized spacial score (nSPS) is 10.5. The van der Waals surface area contributed by atoms with Gasteiger partial charge in [-0.1, -0.05) is 32.4 Å². The Labute approximate surface area is 120 Å². The van der Waals surface area contributed by atoms with Crippen LogP contribution in [0.2, 0.25) is 0 Å². The molecule has 0 aliphatic rings. The SMILES string of the molecule is CCCCc1ccc(Nc2cc(N)nc(CC)n2)cc1. The highest BCUT2D eigenvalue weighted by atomic mass is 15.0. The van der Waals surface area contributed by atoms with Crippen LogP contribution in [-0.4, -0.2) is 9.97 Å². The van der Waals surface area contributed by atoms with E-state index in [0.29, 0.717) is 5.82 Å². The van der Waals surface area contributed by atoms with Crippen molar-refractivity contribution in [1.29, 1.82) is 0 Å². The third-order valence-corrected chi connectivity index (χ3v) is 3.15. The number of nitrogen functional groups attached to an aromatic ring is 1. The van der Waals surface area contributed by atoms with Gasteiger partial charge in [0.25, 0.3) is 0 Å². The quantitative estimate of drug-likeness (QED) is 0.840. The monoisotopic (exact) mass is 270 g/mol. The summed E-state index contributed by atoms with van der Waals surface area (Å²) in [5, 5.41) is 3.27. The van der Waals surface area contributed by atoms with Crippen LogP contribution in [0.5, 0.6) is 0 Å². The molecular weight excluding hydrogens is 248 g/mol. The molecule has 0 aliphatic carbocycles. The Kier molecular flexibility index (Phi) is 4.93. The Hall–Kier alpha value is -2.10. The minimum absolute atomic E-state index is 0.499. The predicted octanol–water partition coefficient (Wildman–Crippen LogP) is 3.71. The molecule has 2 aromatic rings. The van der Waals surface area contributed by atoms with Crippen molar-refractivity contribution < 1.29 is 0 Å². The van der Waals surface area contributed by atoms with E-state index in [0.717, 1.165) is 30.2 Å². The molecule has 0 atom stereocenters. The number of aryl methyl sites for hydroxylation is 2. The highest BCUT2D eigenvalue weighted by Crippen LogP contribution is 2.18. The molecule has 0 saturated heterocycles. The number of anilines is 3. The summed E-state index contributed by atoms with van der Waals surface area (Å²) >= 11 is 0. The fourth-order valence-corrected chi connectivity index (χ4v) is 2.02. The molecule has 2 rings (SSSR count). The van der Waals surface area contributed by atoms with E-state index in [1.165, 1.54) is 18.4 Å². The Bertz CT molecular complexity index is 549. The van der Waals surface area contributed by atoms with Crippen LogP contribution in [0.1, 0.15) is 38.1 Å². The molecule has 3 N–H and O–H groups in total. The summed E-state index contributed by atoms with van der Waals surface area (Å²) in [6, 6.07) is 10.2. The lowest BCUT2D eigenvalue weighted by molar-refractivity contribution is 0.795. The molecule has 0 bridgehead atoms. The predicted molar refractivity (Wildman–Crippen MR) is 84.2 cm³/mol. The van der Waals surface area contributed by atoms with E-state index < -0.39 is 0 Å². The van der Waals surface area contributed by atoms with Gasteiger partial charge in [-0.2, -0.15) is 0 Å². The van der Waals surface area contributed by atoms with Crippen LogP contribution in [-0.2, 0) is 12.8 Å². The molecule has 4 nitrogen and oxygen atoms in total. The zero-order valence-corrected chi connectivity index (χ0v) is 12.2. The molecule has 0 radical (unpaired) electrons. The molecule has 1 heterocycles. The molecule has 0 fully saturated rings. The minimum atomic E-state index is 0.499. The lowest BCUT2D eigenvalue weighted by atomic mass is 10.1. The lowest BCUT2D eigenvalue weighted by Crippen LogP contribution is -2.02. The van der Waals surface area contributed by atoms with Gasteiger partial charge in [0.05, 0.1) is 0 Å². The van der Waals surface area contributed by atoms with E-state index in [9.17, 15) is 0 Å². The van der Waals surface area contributed by atoms with Crippen molar-refractivity contribution in [3.63, 3.8) is 0 Å². The number of hydrogen-bond donors (Lipinski definition) is 2. The van der Waals surface area contributed by atoms with E-state index >= 15 is 0 Å². The average molecular weight is 270 g/mol. The van der Waals surface area contributed by atoms with Gasteiger partial charge in [0.1, 0.15) is 17.5 Å². The van der Waals surface area contributed by atoms with Crippen molar-refractivity contribution in [3.8, 4) is 0 Å². The second-order valence-electron chi connectivity index (χ2n) is 4.87. The summed E-state index contributed by atoms with van der Waals surface area (Å²) in [7, 11) is 0. The maximum absolute atomic E-state index is 5.78. The van der Waals surface area contributed by atoms with Gasteiger partial charge in [-0.3, -0.25) is 0 Å². The fraction of sp³-hybridized carbons (Fsp3) is 0.375. The Morgan fingerprint density at radius 3 is 2.50 bits per heavy atom. The number of benzene rings is 1. The lowest BCUT2D eigenvalue weighted by Gasteiger charge is -2.08. The summed E-state index contributed by atoms with van der Waals surface area (Å²) in [4.78, 5) is 8.59. The number of nitrogens with one attached hydrogen (secondary N) is 1. The summed E-state index contributed by atoms with van der Waals surface area (Å²) in [6.45, 7) is 4.22. The minimum Gasteiger partial charge on any atom is -0.384 e. The van der Waals surface area contributed by atoms with Crippen molar-refractivity contribution in [2.75, 3.05) is 11.1 Å². The summed E-state index contributed by atoms with van der Waals surface area (Å²) in [5.41, 5.74) is 8.16. The van der Waals surface area contributed by atoms with Crippen molar-refractivity contribution in [2.45, 2.75) is 39.5 Å². The number of nitrogens with zero attached hydrogens (tertiary/aromatic N) is 2. The van der Waals surface area contributed by atoms with Gasteiger partial charge in [-0.05, 0) is 30.5 Å². The van der Waals surface area contributed by atoms with Gasteiger partial charge in [0.2, 0.25) is 0 Å². The zero-order chi connectivity index (χ0) is 14.4. The zero-order valence-electron chi connectivity index (χ0n) is 12.2. The van der Waals surface area contributed by atoms with Gasteiger partial charge in [-0.25, -0.2) is 9.97 Å². The molecular formula is C16H22N4. The van der Waals surface area contributed by atoms with Crippen LogP contribution >= 0.6 is 0 Å². The van der Waals surface area contributed by atoms with Crippen LogP contribution in [0.25, 0.3) is 0 Å². The van der Waals surface area contributed by atoms with Crippen LogP contribution < -0.4 is 11.1 Å². The first-order chi connectivity index (χ1) is 9.71. The van der Waals surface area contributed by atoms with Crippen LogP contribution in [0.15, 0.2) is 30.3 Å². The topological polar surface area (TPSA) is 63.8 Å². The Balaban J connectivity index is 2.07. The maximum atomic E-state index is 5.78. The van der Waals surface area contributed by atoms with Gasteiger partial charge in [0, 0.05) is 18.2 Å². The molecule has 0 spiro atoms. The molecule has 4 heteroatoms. The smallest absolute Gasteiger partial charge is 0.136 e. The van der Waals surface area contributed by atoms with Crippen LogP contribution in [0, 0.1) is 0 Å². The molecule has 0 unspecified atom stereocenters. The second-order valence-corrected chi connectivity index (χ2v) is 4.87. The molecule has 1 aromatic heterocycles. The van der Waals surface area contributed by atoms with E-state index in [1.54, 1.807) is 6.07 Å². The number of rotatable bonds is 6. The van der Waals surface area contributed by atoms with E-state index in [4.69, 9.17) is 5.73 Å². The largest absolute Gasteiger partial charge is 0.384 e. The Morgan fingerprint density at radius 1 is 1.10 bits per heavy atom. The van der Waals surface area contributed by atoms with Crippen molar-refractivity contribution >= 4 is 17.3 Å². The molecule has 1 aromatic carbocycles. The summed E-state index contributed by atoms with van der Waals surface area (Å²) < 4.78 is 0.